The Hall–Kier alpha value is -1.58. The fourth-order valence-corrected chi connectivity index (χ4v) is 4.36. The monoisotopic (exact) mass is 476 g/mol. The second-order valence-electron chi connectivity index (χ2n) is 4.60. The molecule has 2 rings (SSSR count). The van der Waals surface area contributed by atoms with Crippen LogP contribution in [0.1, 0.15) is 6.92 Å². The Labute approximate surface area is 156 Å². The fraction of sp³-hybridized carbons (Fsp3) is 0.133. The molecule has 0 aliphatic heterocycles. The zero-order valence-corrected chi connectivity index (χ0v) is 16.5. The van der Waals surface area contributed by atoms with E-state index in [0.717, 1.165) is 0 Å². The normalized spacial score (nSPS) is 11.0. The summed E-state index contributed by atoms with van der Waals surface area (Å²) in [7, 11) is -3.75. The van der Waals surface area contributed by atoms with Crippen molar-refractivity contribution in [2.24, 2.45) is 0 Å². The Bertz CT molecular complexity index is 839. The molecule has 0 spiro atoms. The molecule has 0 saturated heterocycles. The highest BCUT2D eigenvalue weighted by molar-refractivity contribution is 9.11. The molecule has 2 N–H and O–H groups in total. The van der Waals surface area contributed by atoms with Crippen LogP contribution in [0.4, 0.5) is 16.2 Å². The van der Waals surface area contributed by atoms with E-state index in [1.807, 2.05) is 0 Å². The molecular weight excluding hydrogens is 464 g/mol. The minimum Gasteiger partial charge on any atom is -0.450 e. The van der Waals surface area contributed by atoms with E-state index in [1.54, 1.807) is 43.3 Å². The van der Waals surface area contributed by atoms with E-state index >= 15 is 0 Å². The molecule has 24 heavy (non-hydrogen) atoms. The van der Waals surface area contributed by atoms with Gasteiger partial charge in [-0.2, -0.15) is 0 Å². The van der Waals surface area contributed by atoms with Gasteiger partial charge >= 0.3 is 6.09 Å². The number of nitrogens with one attached hydrogen (secondary N) is 2. The van der Waals surface area contributed by atoms with Crippen molar-refractivity contribution in [3.05, 3.63) is 51.4 Å². The number of hydrogen-bond acceptors (Lipinski definition) is 4. The first-order valence-corrected chi connectivity index (χ1v) is 9.90. The van der Waals surface area contributed by atoms with Crippen molar-refractivity contribution < 1.29 is 17.9 Å². The number of carbonyl (C=O) groups excluding carboxylic acids is 1. The van der Waals surface area contributed by atoms with E-state index in [-0.39, 0.29) is 11.5 Å². The molecule has 0 aliphatic carbocycles. The Morgan fingerprint density at radius 1 is 1.08 bits per heavy atom. The summed E-state index contributed by atoms with van der Waals surface area (Å²) in [5, 5.41) is 2.53. The van der Waals surface area contributed by atoms with Crippen molar-refractivity contribution in [1.82, 2.24) is 0 Å². The fourth-order valence-electron chi connectivity index (χ4n) is 1.80. The van der Waals surface area contributed by atoms with Crippen LogP contribution in [0.25, 0.3) is 0 Å². The minimum absolute atomic E-state index is 0.116. The summed E-state index contributed by atoms with van der Waals surface area (Å²) in [6.45, 7) is 1.97. The molecule has 0 radical (unpaired) electrons. The second-order valence-corrected chi connectivity index (χ2v) is 8.02. The van der Waals surface area contributed by atoms with Crippen molar-refractivity contribution in [3.8, 4) is 0 Å². The van der Waals surface area contributed by atoms with E-state index < -0.39 is 16.1 Å². The third-order valence-corrected chi connectivity index (χ3v) is 5.71. The van der Waals surface area contributed by atoms with Gasteiger partial charge < -0.3 is 4.74 Å². The van der Waals surface area contributed by atoms with Crippen molar-refractivity contribution >= 4 is 59.4 Å². The lowest BCUT2D eigenvalue weighted by Gasteiger charge is -2.11. The van der Waals surface area contributed by atoms with Crippen LogP contribution >= 0.6 is 31.9 Å². The van der Waals surface area contributed by atoms with Gasteiger partial charge in [0.2, 0.25) is 0 Å². The molecule has 0 aromatic heterocycles. The van der Waals surface area contributed by atoms with Crippen molar-refractivity contribution in [1.29, 1.82) is 0 Å². The molecule has 2 aromatic carbocycles. The predicted molar refractivity (Wildman–Crippen MR) is 99.7 cm³/mol. The Kier molecular flexibility index (Phi) is 6.25. The van der Waals surface area contributed by atoms with Crippen LogP contribution in [0.15, 0.2) is 56.3 Å². The van der Waals surface area contributed by atoms with Crippen LogP contribution in [-0.4, -0.2) is 21.1 Å². The predicted octanol–water partition coefficient (Wildman–Crippen LogP) is 4.58. The van der Waals surface area contributed by atoms with E-state index in [0.29, 0.717) is 20.3 Å². The lowest BCUT2D eigenvalue weighted by Crippen LogP contribution is -2.14. The Balaban J connectivity index is 2.15. The number of amides is 1. The van der Waals surface area contributed by atoms with E-state index in [2.05, 4.69) is 41.9 Å². The molecule has 2 aromatic rings. The number of carbonyl (C=O) groups is 1. The standard InChI is InChI=1S/C15H14Br2N2O4S/c1-2-23-15(20)18-11-4-6-12(7-5-11)19-24(21,22)14-9-10(16)3-8-13(14)17/h3-9,19H,2H2,1H3,(H,18,20). The Morgan fingerprint density at radius 3 is 2.33 bits per heavy atom. The molecule has 6 nitrogen and oxygen atoms in total. The van der Waals surface area contributed by atoms with E-state index in [4.69, 9.17) is 4.74 Å². The zero-order valence-electron chi connectivity index (χ0n) is 12.5. The van der Waals surface area contributed by atoms with Gasteiger partial charge in [-0.1, -0.05) is 15.9 Å². The average molecular weight is 478 g/mol. The first-order valence-electron chi connectivity index (χ1n) is 6.83. The van der Waals surface area contributed by atoms with Gasteiger partial charge in [-0.25, -0.2) is 13.2 Å². The van der Waals surface area contributed by atoms with Crippen LogP contribution in [0.2, 0.25) is 0 Å². The summed E-state index contributed by atoms with van der Waals surface area (Å²) in [5.74, 6) is 0. The number of ether oxygens (including phenoxy) is 1. The second kappa shape index (κ2) is 8.00. The van der Waals surface area contributed by atoms with Gasteiger partial charge in [-0.15, -0.1) is 0 Å². The number of sulfonamides is 1. The molecule has 0 heterocycles. The summed E-state index contributed by atoms with van der Waals surface area (Å²) < 4.78 is 33.3. The molecule has 128 valence electrons. The van der Waals surface area contributed by atoms with Crippen LogP contribution in [0.3, 0.4) is 0 Å². The summed E-state index contributed by atoms with van der Waals surface area (Å²) in [5.41, 5.74) is 0.872. The van der Waals surface area contributed by atoms with Gasteiger partial charge in [0.05, 0.1) is 6.61 Å². The molecule has 0 unspecified atom stereocenters. The largest absolute Gasteiger partial charge is 0.450 e. The molecule has 0 bridgehead atoms. The minimum atomic E-state index is -3.75. The van der Waals surface area contributed by atoms with Crippen LogP contribution < -0.4 is 10.0 Å². The topological polar surface area (TPSA) is 84.5 Å². The third-order valence-electron chi connectivity index (χ3n) is 2.84. The lowest BCUT2D eigenvalue weighted by molar-refractivity contribution is 0.168. The van der Waals surface area contributed by atoms with Gasteiger partial charge in [0, 0.05) is 20.3 Å². The van der Waals surface area contributed by atoms with Crippen molar-refractivity contribution in [2.45, 2.75) is 11.8 Å². The zero-order chi connectivity index (χ0) is 17.7. The average Bonchev–Trinajstić information content (AvgIpc) is 2.51. The maximum absolute atomic E-state index is 12.5. The van der Waals surface area contributed by atoms with Crippen LogP contribution in [-0.2, 0) is 14.8 Å². The number of anilines is 2. The number of benzene rings is 2. The van der Waals surface area contributed by atoms with E-state index in [1.165, 1.54) is 6.07 Å². The molecule has 9 heteroatoms. The number of hydrogen-bond donors (Lipinski definition) is 2. The first-order chi connectivity index (χ1) is 11.3. The highest BCUT2D eigenvalue weighted by Crippen LogP contribution is 2.27. The highest BCUT2D eigenvalue weighted by atomic mass is 79.9. The molecule has 0 atom stereocenters. The summed E-state index contributed by atoms with van der Waals surface area (Å²) >= 11 is 6.49. The number of halogens is 2. The molecule has 0 fully saturated rings. The van der Waals surface area contributed by atoms with Crippen LogP contribution in [0.5, 0.6) is 0 Å². The molecular formula is C15H14Br2N2O4S. The smallest absolute Gasteiger partial charge is 0.411 e. The van der Waals surface area contributed by atoms with Crippen molar-refractivity contribution in [2.75, 3.05) is 16.6 Å². The van der Waals surface area contributed by atoms with Gasteiger partial charge in [0.15, 0.2) is 0 Å². The maximum Gasteiger partial charge on any atom is 0.411 e. The van der Waals surface area contributed by atoms with Gasteiger partial charge in [-0.05, 0) is 65.3 Å². The lowest BCUT2D eigenvalue weighted by atomic mass is 10.3. The summed E-state index contributed by atoms with van der Waals surface area (Å²) in [4.78, 5) is 11.4. The summed E-state index contributed by atoms with van der Waals surface area (Å²) in [6.07, 6.45) is -0.566. The van der Waals surface area contributed by atoms with Gasteiger partial charge in [0.1, 0.15) is 4.90 Å². The first kappa shape index (κ1) is 18.8. The van der Waals surface area contributed by atoms with Crippen molar-refractivity contribution in [3.63, 3.8) is 0 Å². The summed E-state index contributed by atoms with van der Waals surface area (Å²) in [6, 6.07) is 11.1. The molecule has 1 amide bonds. The Morgan fingerprint density at radius 2 is 1.71 bits per heavy atom. The third kappa shape index (κ3) is 4.96. The number of rotatable bonds is 5. The quantitative estimate of drug-likeness (QED) is 0.659. The van der Waals surface area contributed by atoms with Gasteiger partial charge in [0.25, 0.3) is 10.0 Å². The highest BCUT2D eigenvalue weighted by Gasteiger charge is 2.18. The molecule has 0 aliphatic rings. The molecule has 0 saturated carbocycles. The van der Waals surface area contributed by atoms with E-state index in [9.17, 15) is 13.2 Å². The van der Waals surface area contributed by atoms with Gasteiger partial charge in [-0.3, -0.25) is 10.0 Å². The van der Waals surface area contributed by atoms with Crippen LogP contribution in [0, 0.1) is 0 Å². The maximum atomic E-state index is 12.5. The SMILES string of the molecule is CCOC(=O)Nc1ccc(NS(=O)(=O)c2cc(Br)ccc2Br)cc1.